The van der Waals surface area contributed by atoms with Gasteiger partial charge in [-0.3, -0.25) is 0 Å². The van der Waals surface area contributed by atoms with Gasteiger partial charge in [-0.15, -0.1) is 0 Å². The number of pyridine rings is 1. The molecule has 34 heavy (non-hydrogen) atoms. The molecule has 2 saturated heterocycles. The third kappa shape index (κ3) is 3.88. The van der Waals surface area contributed by atoms with Gasteiger partial charge in [-0.25, -0.2) is 9.78 Å². The minimum absolute atomic E-state index is 0.179. The Morgan fingerprint density at radius 3 is 2.53 bits per heavy atom. The number of fused-ring (bicyclic) bond motifs is 2. The van der Waals surface area contributed by atoms with Crippen molar-refractivity contribution in [1.82, 2.24) is 10.1 Å². The van der Waals surface area contributed by atoms with Crippen molar-refractivity contribution in [3.05, 3.63) is 65.0 Å². The van der Waals surface area contributed by atoms with Gasteiger partial charge in [-0.05, 0) is 63.1 Å². The summed E-state index contributed by atoms with van der Waals surface area (Å²) in [6, 6.07) is 12.5. The second kappa shape index (κ2) is 8.55. The first-order valence-electron chi connectivity index (χ1n) is 12.2. The predicted molar refractivity (Wildman–Crippen MR) is 127 cm³/mol. The Morgan fingerprint density at radius 1 is 1.12 bits per heavy atom. The van der Waals surface area contributed by atoms with Crippen molar-refractivity contribution < 1.29 is 19.2 Å². The van der Waals surface area contributed by atoms with Gasteiger partial charge in [0.25, 0.3) is 0 Å². The van der Waals surface area contributed by atoms with Crippen molar-refractivity contribution in [3.63, 3.8) is 0 Å². The summed E-state index contributed by atoms with van der Waals surface area (Å²) in [5, 5.41) is 13.6. The fourth-order valence-electron chi connectivity index (χ4n) is 5.68. The first-order chi connectivity index (χ1) is 16.6. The van der Waals surface area contributed by atoms with Gasteiger partial charge in [0.15, 0.2) is 0 Å². The lowest BCUT2D eigenvalue weighted by atomic mass is 9.98. The molecule has 3 aromatic rings. The number of carboxylic acids is 1. The molecule has 1 aromatic carbocycles. The minimum Gasteiger partial charge on any atom is -0.478 e. The molecule has 2 bridgehead atoms. The molecule has 4 heterocycles. The zero-order valence-corrected chi connectivity index (χ0v) is 19.3. The predicted octanol–water partition coefficient (Wildman–Crippen LogP) is 5.34. The van der Waals surface area contributed by atoms with E-state index in [1.165, 1.54) is 11.8 Å². The summed E-state index contributed by atoms with van der Waals surface area (Å²) >= 11 is 0. The van der Waals surface area contributed by atoms with Crippen LogP contribution in [-0.4, -0.2) is 39.4 Å². The number of carboxylic acid groups (broad SMARTS) is 1. The quantitative estimate of drug-likeness (QED) is 0.510. The molecule has 3 aliphatic rings. The number of aromatic carboxylic acids is 1. The highest BCUT2D eigenvalue weighted by Crippen LogP contribution is 2.45. The average Bonchev–Trinajstić information content (AvgIpc) is 3.55. The fraction of sp³-hybridized carbons (Fsp3) is 0.444. The lowest BCUT2D eigenvalue weighted by molar-refractivity contribution is 0.0146. The number of nitrogens with zero attached hydrogens (tertiary/aromatic N) is 3. The van der Waals surface area contributed by atoms with E-state index >= 15 is 0 Å². The van der Waals surface area contributed by atoms with Crippen molar-refractivity contribution in [2.75, 3.05) is 4.90 Å². The van der Waals surface area contributed by atoms with Gasteiger partial charge in [0, 0.05) is 35.3 Å². The van der Waals surface area contributed by atoms with Gasteiger partial charge in [-0.2, -0.15) is 0 Å². The molecular formula is C27H29N3O4. The third-order valence-electron chi connectivity index (χ3n) is 7.58. The van der Waals surface area contributed by atoms with Gasteiger partial charge < -0.3 is 19.3 Å². The SMILES string of the molecule is Cc1ccccc1-c1noc(C2CC2)c1COC1C[C@H]2CC[C@@H](C1)N2c1ccc(C(=O)O)cn1. The van der Waals surface area contributed by atoms with Crippen LogP contribution in [-0.2, 0) is 11.3 Å². The molecule has 176 valence electrons. The summed E-state index contributed by atoms with van der Waals surface area (Å²) in [5.41, 5.74) is 4.55. The second-order valence-corrected chi connectivity index (χ2v) is 9.87. The molecule has 1 N–H and O–H groups in total. The number of aryl methyl sites for hydroxylation is 1. The Hall–Kier alpha value is -3.19. The molecule has 1 saturated carbocycles. The van der Waals surface area contributed by atoms with E-state index in [0.29, 0.717) is 24.6 Å². The number of hydrogen-bond acceptors (Lipinski definition) is 6. The second-order valence-electron chi connectivity index (χ2n) is 9.87. The van der Waals surface area contributed by atoms with E-state index in [0.717, 1.165) is 66.9 Å². The topological polar surface area (TPSA) is 88.7 Å². The molecule has 2 aliphatic heterocycles. The monoisotopic (exact) mass is 459 g/mol. The third-order valence-corrected chi connectivity index (χ3v) is 7.58. The number of anilines is 1. The molecule has 2 aromatic heterocycles. The van der Waals surface area contributed by atoms with Gasteiger partial charge in [-0.1, -0.05) is 29.4 Å². The molecule has 7 heteroatoms. The maximum atomic E-state index is 11.2. The summed E-state index contributed by atoms with van der Waals surface area (Å²) < 4.78 is 12.4. The Kier molecular flexibility index (Phi) is 5.37. The van der Waals surface area contributed by atoms with E-state index in [2.05, 4.69) is 34.1 Å². The highest BCUT2D eigenvalue weighted by Gasteiger charge is 2.42. The molecule has 7 nitrogen and oxygen atoms in total. The van der Waals surface area contributed by atoms with E-state index in [9.17, 15) is 4.79 Å². The van der Waals surface area contributed by atoms with E-state index in [-0.39, 0.29) is 11.7 Å². The largest absolute Gasteiger partial charge is 0.478 e. The van der Waals surface area contributed by atoms with Crippen molar-refractivity contribution in [2.45, 2.75) is 76.2 Å². The smallest absolute Gasteiger partial charge is 0.337 e. The van der Waals surface area contributed by atoms with E-state index in [1.807, 2.05) is 18.2 Å². The van der Waals surface area contributed by atoms with E-state index in [1.54, 1.807) is 6.07 Å². The van der Waals surface area contributed by atoms with Crippen LogP contribution in [0.5, 0.6) is 0 Å². The van der Waals surface area contributed by atoms with Crippen LogP contribution < -0.4 is 4.90 Å². The number of rotatable bonds is 7. The normalized spacial score (nSPS) is 23.9. The van der Waals surface area contributed by atoms with Gasteiger partial charge in [0.1, 0.15) is 17.3 Å². The summed E-state index contributed by atoms with van der Waals surface area (Å²) in [6.45, 7) is 2.63. The molecule has 1 unspecified atom stereocenters. The first-order valence-corrected chi connectivity index (χ1v) is 12.2. The molecule has 0 amide bonds. The van der Waals surface area contributed by atoms with Crippen LogP contribution in [0.4, 0.5) is 5.82 Å². The van der Waals surface area contributed by atoms with Gasteiger partial charge in [0.05, 0.1) is 18.3 Å². The summed E-state index contributed by atoms with van der Waals surface area (Å²) in [5.74, 6) is 1.40. The minimum atomic E-state index is -0.946. The molecular weight excluding hydrogens is 430 g/mol. The van der Waals surface area contributed by atoms with Crippen LogP contribution in [0.3, 0.4) is 0 Å². The number of benzene rings is 1. The maximum absolute atomic E-state index is 11.2. The zero-order valence-electron chi connectivity index (χ0n) is 19.3. The van der Waals surface area contributed by atoms with Crippen LogP contribution in [0.1, 0.15) is 71.7 Å². The molecule has 0 spiro atoms. The van der Waals surface area contributed by atoms with Crippen LogP contribution in [0, 0.1) is 6.92 Å². The molecule has 3 fully saturated rings. The molecule has 1 aliphatic carbocycles. The highest BCUT2D eigenvalue weighted by molar-refractivity contribution is 5.87. The van der Waals surface area contributed by atoms with Crippen LogP contribution >= 0.6 is 0 Å². The lowest BCUT2D eigenvalue weighted by Crippen LogP contribution is -2.46. The Balaban J connectivity index is 1.18. The Morgan fingerprint density at radius 2 is 1.88 bits per heavy atom. The number of aromatic nitrogens is 2. The number of carbonyl (C=O) groups is 1. The summed E-state index contributed by atoms with van der Waals surface area (Å²) in [6.07, 6.45) is 8.07. The van der Waals surface area contributed by atoms with Crippen molar-refractivity contribution in [1.29, 1.82) is 0 Å². The van der Waals surface area contributed by atoms with Crippen LogP contribution in [0.2, 0.25) is 0 Å². The summed E-state index contributed by atoms with van der Waals surface area (Å²) in [4.78, 5) is 18.0. The molecule has 0 radical (unpaired) electrons. The van der Waals surface area contributed by atoms with Crippen LogP contribution in [0.25, 0.3) is 11.3 Å². The number of hydrogen-bond donors (Lipinski definition) is 1. The lowest BCUT2D eigenvalue weighted by Gasteiger charge is -2.39. The van der Waals surface area contributed by atoms with E-state index < -0.39 is 5.97 Å². The standard InChI is InChI=1S/C27H29N3O4/c1-16-4-2-3-5-22(16)25-23(26(34-29-25)17-6-7-17)15-33-21-12-19-9-10-20(13-21)30(19)24-11-8-18(14-28-24)27(31)32/h2-5,8,11,14,17,19-21H,6-7,9-10,12-13,15H2,1H3,(H,31,32)/t19-,20+,21?. The maximum Gasteiger partial charge on any atom is 0.337 e. The Labute approximate surface area is 198 Å². The zero-order chi connectivity index (χ0) is 23.2. The van der Waals surface area contributed by atoms with Gasteiger partial charge >= 0.3 is 5.97 Å². The first kappa shape index (κ1) is 21.4. The molecule has 3 atom stereocenters. The van der Waals surface area contributed by atoms with Gasteiger partial charge in [0.2, 0.25) is 0 Å². The fourth-order valence-corrected chi connectivity index (χ4v) is 5.68. The van der Waals surface area contributed by atoms with Crippen molar-refractivity contribution in [2.24, 2.45) is 0 Å². The Bertz CT molecular complexity index is 1190. The van der Waals surface area contributed by atoms with Crippen LogP contribution in [0.15, 0.2) is 47.1 Å². The highest BCUT2D eigenvalue weighted by atomic mass is 16.5. The summed E-state index contributed by atoms with van der Waals surface area (Å²) in [7, 11) is 0. The number of piperidine rings is 1. The molecule has 6 rings (SSSR count). The van der Waals surface area contributed by atoms with E-state index in [4.69, 9.17) is 14.4 Å². The van der Waals surface area contributed by atoms with Crippen molar-refractivity contribution in [3.8, 4) is 11.3 Å². The number of ether oxygens (including phenoxy) is 1. The van der Waals surface area contributed by atoms with Crippen molar-refractivity contribution >= 4 is 11.8 Å². The average molecular weight is 460 g/mol.